The van der Waals surface area contributed by atoms with Crippen molar-refractivity contribution in [1.82, 2.24) is 0 Å². The van der Waals surface area contributed by atoms with E-state index in [9.17, 15) is 14.7 Å². The molecule has 0 amide bonds. The van der Waals surface area contributed by atoms with E-state index in [1.165, 1.54) is 0 Å². The zero-order valence-electron chi connectivity index (χ0n) is 11.4. The number of hydrogen-bond donors (Lipinski definition) is 1. The van der Waals surface area contributed by atoms with Gasteiger partial charge in [0.1, 0.15) is 6.29 Å². The molecule has 0 radical (unpaired) electrons. The number of carbonyl (C=O) groups excluding carboxylic acids is 2. The predicted molar refractivity (Wildman–Crippen MR) is 68.5 cm³/mol. The van der Waals surface area contributed by atoms with Crippen LogP contribution in [0.1, 0.15) is 33.1 Å². The molecule has 3 rings (SSSR count). The number of aliphatic hydroxyl groups is 1. The second kappa shape index (κ2) is 3.76. The number of aldehydes is 2. The molecule has 0 bridgehead atoms. The summed E-state index contributed by atoms with van der Waals surface area (Å²) < 4.78 is 5.75. The van der Waals surface area contributed by atoms with Gasteiger partial charge >= 0.3 is 0 Å². The molecule has 0 aromatic rings. The van der Waals surface area contributed by atoms with Crippen LogP contribution in [0, 0.1) is 17.3 Å². The summed E-state index contributed by atoms with van der Waals surface area (Å²) >= 11 is 0. The van der Waals surface area contributed by atoms with E-state index in [4.69, 9.17) is 4.74 Å². The highest BCUT2D eigenvalue weighted by molar-refractivity contribution is 5.88. The standard InChI is InChI=1S/C15H20O4/c1-10-5-6-13(2)12(14(10)9-19-14)4-3-11(7-16)15(13,18)8-17/h3,7-8,10,12,18H,4-6,9H2,1-2H3/t10-,12+,13-,14+,15+/m0/s1. The molecule has 1 spiro atoms. The third-order valence-electron chi connectivity index (χ3n) is 5.95. The van der Waals surface area contributed by atoms with Gasteiger partial charge < -0.3 is 9.84 Å². The summed E-state index contributed by atoms with van der Waals surface area (Å²) in [6.45, 7) is 4.80. The Hall–Kier alpha value is -1.00. The molecule has 0 aromatic carbocycles. The van der Waals surface area contributed by atoms with Crippen molar-refractivity contribution in [3.8, 4) is 0 Å². The van der Waals surface area contributed by atoms with Gasteiger partial charge in [-0.1, -0.05) is 19.9 Å². The minimum absolute atomic E-state index is 0.0997. The summed E-state index contributed by atoms with van der Waals surface area (Å²) in [7, 11) is 0. The number of epoxide rings is 1. The Labute approximate surface area is 112 Å². The summed E-state index contributed by atoms with van der Waals surface area (Å²) in [5, 5.41) is 10.8. The topological polar surface area (TPSA) is 66.9 Å². The molecular weight excluding hydrogens is 244 g/mol. The van der Waals surface area contributed by atoms with E-state index in [2.05, 4.69) is 6.92 Å². The SMILES string of the molecule is C[C@H]1CC[C@@]2(C)[C@@H](CC=C(C=O)[C@]2(O)C=O)[C@@]12CO2. The van der Waals surface area contributed by atoms with E-state index >= 15 is 0 Å². The van der Waals surface area contributed by atoms with Gasteiger partial charge in [-0.3, -0.25) is 9.59 Å². The zero-order chi connectivity index (χ0) is 13.9. The van der Waals surface area contributed by atoms with Crippen LogP contribution in [-0.4, -0.2) is 35.5 Å². The lowest BCUT2D eigenvalue weighted by atomic mass is 9.49. The molecule has 0 unspecified atom stereocenters. The largest absolute Gasteiger partial charge is 0.377 e. The summed E-state index contributed by atoms with van der Waals surface area (Å²) in [6, 6.07) is 0. The van der Waals surface area contributed by atoms with Gasteiger partial charge in [0.2, 0.25) is 0 Å². The summed E-state index contributed by atoms with van der Waals surface area (Å²) in [5.74, 6) is 0.537. The Bertz CT molecular complexity index is 465. The van der Waals surface area contributed by atoms with Gasteiger partial charge in [-0.2, -0.15) is 0 Å². The normalized spacial score (nSPS) is 52.3. The summed E-state index contributed by atoms with van der Waals surface area (Å²) in [6.07, 6.45) is 5.24. The first kappa shape index (κ1) is 13.0. The highest BCUT2D eigenvalue weighted by atomic mass is 16.6. The highest BCUT2D eigenvalue weighted by Crippen LogP contribution is 2.63. The van der Waals surface area contributed by atoms with Crippen LogP contribution in [0.4, 0.5) is 0 Å². The van der Waals surface area contributed by atoms with Crippen molar-refractivity contribution in [2.75, 3.05) is 6.61 Å². The third kappa shape index (κ3) is 1.36. The third-order valence-corrected chi connectivity index (χ3v) is 5.95. The molecule has 1 saturated heterocycles. The molecule has 0 aromatic heterocycles. The molecular formula is C15H20O4. The Balaban J connectivity index is 2.11. The highest BCUT2D eigenvalue weighted by Gasteiger charge is 2.69. The molecule has 1 heterocycles. The first-order valence-electron chi connectivity index (χ1n) is 6.93. The Morgan fingerprint density at radius 3 is 2.68 bits per heavy atom. The van der Waals surface area contributed by atoms with E-state index < -0.39 is 11.0 Å². The Kier molecular flexibility index (Phi) is 2.58. The monoisotopic (exact) mass is 264 g/mol. The zero-order valence-corrected chi connectivity index (χ0v) is 11.4. The van der Waals surface area contributed by atoms with Crippen molar-refractivity contribution in [2.45, 2.75) is 44.3 Å². The first-order valence-corrected chi connectivity index (χ1v) is 6.93. The number of carbonyl (C=O) groups is 2. The van der Waals surface area contributed by atoms with Gasteiger partial charge in [0.15, 0.2) is 11.9 Å². The lowest BCUT2D eigenvalue weighted by molar-refractivity contribution is -0.157. The number of ether oxygens (including phenoxy) is 1. The van der Waals surface area contributed by atoms with E-state index in [1.54, 1.807) is 6.08 Å². The predicted octanol–water partition coefficient (Wildman–Crippen LogP) is 1.27. The molecule has 1 saturated carbocycles. The van der Waals surface area contributed by atoms with Crippen LogP contribution >= 0.6 is 0 Å². The van der Waals surface area contributed by atoms with Gasteiger partial charge in [0.25, 0.3) is 0 Å². The Morgan fingerprint density at radius 1 is 1.47 bits per heavy atom. The minimum Gasteiger partial charge on any atom is -0.377 e. The molecule has 4 heteroatoms. The Morgan fingerprint density at radius 2 is 2.16 bits per heavy atom. The number of rotatable bonds is 2. The lowest BCUT2D eigenvalue weighted by Crippen LogP contribution is -2.62. The summed E-state index contributed by atoms with van der Waals surface area (Å²) in [5.41, 5.74) is -2.26. The summed E-state index contributed by atoms with van der Waals surface area (Å²) in [4.78, 5) is 22.7. The van der Waals surface area contributed by atoms with Gasteiger partial charge in [-0.05, 0) is 25.2 Å². The average Bonchev–Trinajstić information content (AvgIpc) is 3.19. The van der Waals surface area contributed by atoms with Gasteiger partial charge in [0, 0.05) is 16.9 Å². The number of fused-ring (bicyclic) bond motifs is 2. The lowest BCUT2D eigenvalue weighted by Gasteiger charge is -2.55. The van der Waals surface area contributed by atoms with Crippen molar-refractivity contribution in [1.29, 1.82) is 0 Å². The second-order valence-electron chi connectivity index (χ2n) is 6.55. The quantitative estimate of drug-likeness (QED) is 0.602. The number of allylic oxidation sites excluding steroid dienone is 1. The smallest absolute Gasteiger partial charge is 0.156 e. The maximum Gasteiger partial charge on any atom is 0.156 e. The van der Waals surface area contributed by atoms with Crippen LogP contribution in [0.3, 0.4) is 0 Å². The van der Waals surface area contributed by atoms with E-state index in [1.807, 2.05) is 6.92 Å². The van der Waals surface area contributed by atoms with Gasteiger partial charge in [0.05, 0.1) is 12.2 Å². The van der Waals surface area contributed by atoms with Crippen LogP contribution in [-0.2, 0) is 14.3 Å². The molecule has 1 aliphatic heterocycles. The molecule has 5 atom stereocenters. The molecule has 4 nitrogen and oxygen atoms in total. The van der Waals surface area contributed by atoms with E-state index in [0.29, 0.717) is 31.5 Å². The van der Waals surface area contributed by atoms with Crippen molar-refractivity contribution in [2.24, 2.45) is 17.3 Å². The van der Waals surface area contributed by atoms with Crippen LogP contribution < -0.4 is 0 Å². The van der Waals surface area contributed by atoms with Crippen LogP contribution in [0.2, 0.25) is 0 Å². The van der Waals surface area contributed by atoms with Gasteiger partial charge in [-0.15, -0.1) is 0 Å². The molecule has 104 valence electrons. The maximum atomic E-state index is 11.5. The molecule has 1 N–H and O–H groups in total. The van der Waals surface area contributed by atoms with Crippen molar-refractivity contribution >= 4 is 12.6 Å². The van der Waals surface area contributed by atoms with E-state index in [-0.39, 0.29) is 17.1 Å². The maximum absolute atomic E-state index is 11.5. The second-order valence-corrected chi connectivity index (χ2v) is 6.55. The molecule has 3 aliphatic rings. The van der Waals surface area contributed by atoms with Gasteiger partial charge in [-0.25, -0.2) is 0 Å². The molecule has 19 heavy (non-hydrogen) atoms. The van der Waals surface area contributed by atoms with Crippen molar-refractivity contribution in [3.05, 3.63) is 11.6 Å². The van der Waals surface area contributed by atoms with Crippen molar-refractivity contribution in [3.63, 3.8) is 0 Å². The van der Waals surface area contributed by atoms with Crippen LogP contribution in [0.15, 0.2) is 11.6 Å². The average molecular weight is 264 g/mol. The number of hydrogen-bond acceptors (Lipinski definition) is 4. The first-order chi connectivity index (χ1) is 8.94. The van der Waals surface area contributed by atoms with Crippen molar-refractivity contribution < 1.29 is 19.4 Å². The van der Waals surface area contributed by atoms with Crippen LogP contribution in [0.25, 0.3) is 0 Å². The fourth-order valence-electron chi connectivity index (χ4n) is 4.37. The van der Waals surface area contributed by atoms with Crippen LogP contribution in [0.5, 0.6) is 0 Å². The van der Waals surface area contributed by atoms with E-state index in [0.717, 1.165) is 12.8 Å². The minimum atomic E-state index is -1.67. The molecule has 2 fully saturated rings. The fraction of sp³-hybridized carbons (Fsp3) is 0.733. The fourth-order valence-corrected chi connectivity index (χ4v) is 4.37. The molecule has 2 aliphatic carbocycles.